The summed E-state index contributed by atoms with van der Waals surface area (Å²) >= 11 is 12.2. The number of aryl methyl sites for hydroxylation is 2. The van der Waals surface area contributed by atoms with Crippen LogP contribution in [0.25, 0.3) is 0 Å². The second-order valence-corrected chi connectivity index (χ2v) is 5.23. The van der Waals surface area contributed by atoms with Crippen LogP contribution >= 0.6 is 23.2 Å². The highest BCUT2D eigenvalue weighted by molar-refractivity contribution is 6.33. The molecule has 0 bridgehead atoms. The van der Waals surface area contributed by atoms with Crippen LogP contribution in [0.1, 0.15) is 16.7 Å². The zero-order valence-electron chi connectivity index (χ0n) is 10.4. The first-order valence-electron chi connectivity index (χ1n) is 5.81. The van der Waals surface area contributed by atoms with Crippen LogP contribution in [0.4, 0.5) is 5.69 Å². The molecule has 1 N–H and O–H groups in total. The smallest absolute Gasteiger partial charge is 0.0637 e. The summed E-state index contributed by atoms with van der Waals surface area (Å²) < 4.78 is 0. The maximum atomic E-state index is 6.13. The second-order valence-electron chi connectivity index (χ2n) is 4.42. The second kappa shape index (κ2) is 5.64. The predicted octanol–water partition coefficient (Wildman–Crippen LogP) is 5.22. The van der Waals surface area contributed by atoms with Gasteiger partial charge >= 0.3 is 0 Å². The molecular weight excluding hydrogens is 265 g/mol. The first kappa shape index (κ1) is 13.3. The van der Waals surface area contributed by atoms with E-state index in [9.17, 15) is 0 Å². The molecule has 0 saturated carbocycles. The van der Waals surface area contributed by atoms with Crippen LogP contribution < -0.4 is 5.32 Å². The molecule has 0 aliphatic carbocycles. The lowest BCUT2D eigenvalue weighted by Gasteiger charge is -2.10. The van der Waals surface area contributed by atoms with E-state index in [0.717, 1.165) is 26.9 Å². The highest BCUT2D eigenvalue weighted by atomic mass is 35.5. The topological polar surface area (TPSA) is 12.0 Å². The van der Waals surface area contributed by atoms with Crippen LogP contribution in [-0.2, 0) is 6.54 Å². The van der Waals surface area contributed by atoms with Crippen molar-refractivity contribution in [2.24, 2.45) is 0 Å². The van der Waals surface area contributed by atoms with Crippen molar-refractivity contribution in [3.05, 3.63) is 63.1 Å². The first-order chi connectivity index (χ1) is 8.56. The fourth-order valence-electron chi connectivity index (χ4n) is 1.72. The molecule has 0 aliphatic rings. The Bertz CT molecular complexity index is 564. The van der Waals surface area contributed by atoms with E-state index in [-0.39, 0.29) is 0 Å². The number of benzene rings is 2. The first-order valence-corrected chi connectivity index (χ1v) is 6.57. The summed E-state index contributed by atoms with van der Waals surface area (Å²) in [5.74, 6) is 0. The van der Waals surface area contributed by atoms with Crippen LogP contribution in [0.3, 0.4) is 0 Å². The molecule has 2 aromatic carbocycles. The summed E-state index contributed by atoms with van der Waals surface area (Å²) in [6.07, 6.45) is 0. The van der Waals surface area contributed by atoms with E-state index in [1.54, 1.807) is 0 Å². The Morgan fingerprint density at radius 1 is 0.944 bits per heavy atom. The average Bonchev–Trinajstić information content (AvgIpc) is 2.34. The summed E-state index contributed by atoms with van der Waals surface area (Å²) in [7, 11) is 0. The molecule has 1 nitrogen and oxygen atoms in total. The quantitative estimate of drug-likeness (QED) is 0.812. The third-order valence-corrected chi connectivity index (χ3v) is 3.58. The third kappa shape index (κ3) is 3.18. The summed E-state index contributed by atoms with van der Waals surface area (Å²) in [5.41, 5.74) is 4.37. The molecule has 2 rings (SSSR count). The number of hydrogen-bond acceptors (Lipinski definition) is 1. The van der Waals surface area contributed by atoms with Crippen molar-refractivity contribution < 1.29 is 0 Å². The Morgan fingerprint density at radius 3 is 2.44 bits per heavy atom. The van der Waals surface area contributed by atoms with E-state index in [4.69, 9.17) is 23.2 Å². The van der Waals surface area contributed by atoms with E-state index in [2.05, 4.69) is 11.4 Å². The Labute approximate surface area is 118 Å². The van der Waals surface area contributed by atoms with E-state index < -0.39 is 0 Å². The average molecular weight is 280 g/mol. The number of halogens is 2. The van der Waals surface area contributed by atoms with E-state index >= 15 is 0 Å². The van der Waals surface area contributed by atoms with Crippen molar-refractivity contribution in [3.8, 4) is 0 Å². The number of anilines is 1. The van der Waals surface area contributed by atoms with Gasteiger partial charge in [-0.2, -0.15) is 0 Å². The molecule has 0 aromatic heterocycles. The molecule has 0 atom stereocenters. The third-order valence-electron chi connectivity index (χ3n) is 2.84. The summed E-state index contributed by atoms with van der Waals surface area (Å²) in [6, 6.07) is 12.0. The Morgan fingerprint density at radius 2 is 1.72 bits per heavy atom. The van der Waals surface area contributed by atoms with Gasteiger partial charge in [-0.05, 0) is 48.7 Å². The molecule has 0 unspecified atom stereocenters. The van der Waals surface area contributed by atoms with Gasteiger partial charge in [0.2, 0.25) is 0 Å². The predicted molar refractivity (Wildman–Crippen MR) is 79.7 cm³/mol. The van der Waals surface area contributed by atoms with E-state index in [1.807, 2.05) is 44.2 Å². The molecule has 0 radical (unpaired) electrons. The molecule has 0 aliphatic heterocycles. The standard InChI is InChI=1S/C15H15Cl2N/c1-10-3-6-13(16)15(7-10)18-9-12-5-4-11(2)14(17)8-12/h3-8,18H,9H2,1-2H3. The van der Waals surface area contributed by atoms with Gasteiger partial charge in [-0.1, -0.05) is 41.4 Å². The molecule has 0 fully saturated rings. The van der Waals surface area contributed by atoms with Gasteiger partial charge in [0, 0.05) is 11.6 Å². The van der Waals surface area contributed by atoms with Crippen LogP contribution in [0.15, 0.2) is 36.4 Å². The molecular formula is C15H15Cl2N. The molecule has 94 valence electrons. The molecule has 0 spiro atoms. The number of nitrogens with one attached hydrogen (secondary N) is 1. The fourth-order valence-corrected chi connectivity index (χ4v) is 2.11. The molecule has 3 heteroatoms. The van der Waals surface area contributed by atoms with Crippen molar-refractivity contribution >= 4 is 28.9 Å². The molecule has 0 saturated heterocycles. The van der Waals surface area contributed by atoms with Gasteiger partial charge in [0.1, 0.15) is 0 Å². The molecule has 0 amide bonds. The Kier molecular flexibility index (Phi) is 4.15. The summed E-state index contributed by atoms with van der Waals surface area (Å²) in [5, 5.41) is 4.86. The van der Waals surface area contributed by atoms with Gasteiger partial charge in [0.15, 0.2) is 0 Å². The number of rotatable bonds is 3. The zero-order valence-corrected chi connectivity index (χ0v) is 11.9. The van der Waals surface area contributed by atoms with Crippen LogP contribution in [0.5, 0.6) is 0 Å². The largest absolute Gasteiger partial charge is 0.380 e. The van der Waals surface area contributed by atoms with Gasteiger partial charge < -0.3 is 5.32 Å². The maximum Gasteiger partial charge on any atom is 0.0637 e. The molecule has 2 aromatic rings. The minimum atomic E-state index is 0.711. The Hall–Kier alpha value is -1.18. The van der Waals surface area contributed by atoms with Crippen LogP contribution in [0, 0.1) is 13.8 Å². The van der Waals surface area contributed by atoms with Crippen molar-refractivity contribution in [1.29, 1.82) is 0 Å². The van der Waals surface area contributed by atoms with Crippen molar-refractivity contribution in [3.63, 3.8) is 0 Å². The van der Waals surface area contributed by atoms with Crippen LogP contribution in [0.2, 0.25) is 10.0 Å². The van der Waals surface area contributed by atoms with Crippen LogP contribution in [-0.4, -0.2) is 0 Å². The van der Waals surface area contributed by atoms with Crippen molar-refractivity contribution in [1.82, 2.24) is 0 Å². The lowest BCUT2D eigenvalue weighted by atomic mass is 10.1. The normalized spacial score (nSPS) is 10.4. The van der Waals surface area contributed by atoms with Gasteiger partial charge in [-0.15, -0.1) is 0 Å². The van der Waals surface area contributed by atoms with Gasteiger partial charge in [-0.3, -0.25) is 0 Å². The van der Waals surface area contributed by atoms with Crippen molar-refractivity contribution in [2.45, 2.75) is 20.4 Å². The van der Waals surface area contributed by atoms with Gasteiger partial charge in [0.25, 0.3) is 0 Å². The summed E-state index contributed by atoms with van der Waals surface area (Å²) in [4.78, 5) is 0. The molecule has 0 heterocycles. The lowest BCUT2D eigenvalue weighted by Crippen LogP contribution is -2.00. The van der Waals surface area contributed by atoms with Crippen molar-refractivity contribution in [2.75, 3.05) is 5.32 Å². The monoisotopic (exact) mass is 279 g/mol. The highest BCUT2D eigenvalue weighted by Crippen LogP contribution is 2.24. The Balaban J connectivity index is 2.11. The van der Waals surface area contributed by atoms with E-state index in [0.29, 0.717) is 6.54 Å². The number of hydrogen-bond donors (Lipinski definition) is 1. The lowest BCUT2D eigenvalue weighted by molar-refractivity contribution is 1.14. The van der Waals surface area contributed by atoms with Gasteiger partial charge in [-0.25, -0.2) is 0 Å². The minimum Gasteiger partial charge on any atom is -0.380 e. The van der Waals surface area contributed by atoms with E-state index in [1.165, 1.54) is 5.56 Å². The van der Waals surface area contributed by atoms with Gasteiger partial charge in [0.05, 0.1) is 10.7 Å². The SMILES string of the molecule is Cc1ccc(Cl)c(NCc2ccc(C)c(Cl)c2)c1. The highest BCUT2D eigenvalue weighted by Gasteiger charge is 2.02. The minimum absolute atomic E-state index is 0.711. The fraction of sp³-hybridized carbons (Fsp3) is 0.200. The summed E-state index contributed by atoms with van der Waals surface area (Å²) in [6.45, 7) is 4.75. The maximum absolute atomic E-state index is 6.13. The molecule has 18 heavy (non-hydrogen) atoms. The zero-order chi connectivity index (χ0) is 13.1.